The summed E-state index contributed by atoms with van der Waals surface area (Å²) in [5.74, 6) is 1.82. The van der Waals surface area contributed by atoms with E-state index in [0.717, 1.165) is 24.7 Å². The van der Waals surface area contributed by atoms with E-state index < -0.39 is 0 Å². The van der Waals surface area contributed by atoms with Crippen molar-refractivity contribution in [3.63, 3.8) is 0 Å². The van der Waals surface area contributed by atoms with Crippen LogP contribution in [0.25, 0.3) is 0 Å². The summed E-state index contributed by atoms with van der Waals surface area (Å²) in [5, 5.41) is 3.04. The van der Waals surface area contributed by atoms with Gasteiger partial charge in [0.15, 0.2) is 0 Å². The number of hydrogen-bond donors (Lipinski definition) is 1. The summed E-state index contributed by atoms with van der Waals surface area (Å²) >= 11 is 0. The molecule has 1 aromatic rings. The molecule has 1 saturated heterocycles. The molecule has 0 aromatic carbocycles. The SMILES string of the molecule is CNc1cncc(N2CCCC2CN(C)C)n1. The summed E-state index contributed by atoms with van der Waals surface area (Å²) in [7, 11) is 6.10. The lowest BCUT2D eigenvalue weighted by Crippen LogP contribution is -2.38. The lowest BCUT2D eigenvalue weighted by molar-refractivity contribution is 0.371. The Hall–Kier alpha value is -1.36. The second kappa shape index (κ2) is 5.31. The standard InChI is InChI=1S/C12H21N5/c1-13-11-7-14-8-12(15-11)17-6-4-5-10(17)9-16(2)3/h7-8,10H,4-6,9H2,1-3H3,(H,13,15). The molecule has 1 unspecified atom stereocenters. The van der Waals surface area contributed by atoms with Gasteiger partial charge in [-0.1, -0.05) is 0 Å². The van der Waals surface area contributed by atoms with E-state index in [1.165, 1.54) is 12.8 Å². The molecular weight excluding hydrogens is 214 g/mol. The lowest BCUT2D eigenvalue weighted by Gasteiger charge is -2.27. The molecule has 0 aliphatic carbocycles. The molecule has 0 bridgehead atoms. The van der Waals surface area contributed by atoms with Crippen LogP contribution < -0.4 is 10.2 Å². The highest BCUT2D eigenvalue weighted by molar-refractivity contribution is 5.45. The first kappa shape index (κ1) is 12.1. The molecular formula is C12H21N5. The third kappa shape index (κ3) is 2.85. The van der Waals surface area contributed by atoms with Crippen LogP contribution in [0.15, 0.2) is 12.4 Å². The average Bonchev–Trinajstić information content (AvgIpc) is 2.76. The van der Waals surface area contributed by atoms with Crippen LogP contribution in [0.3, 0.4) is 0 Å². The molecule has 2 rings (SSSR count). The predicted octanol–water partition coefficient (Wildman–Crippen LogP) is 1.05. The Morgan fingerprint density at radius 3 is 3.00 bits per heavy atom. The average molecular weight is 235 g/mol. The molecule has 17 heavy (non-hydrogen) atoms. The first-order chi connectivity index (χ1) is 8.20. The van der Waals surface area contributed by atoms with E-state index in [4.69, 9.17) is 0 Å². The van der Waals surface area contributed by atoms with E-state index in [1.54, 1.807) is 6.20 Å². The second-order valence-electron chi connectivity index (χ2n) is 4.76. The van der Waals surface area contributed by atoms with Gasteiger partial charge in [0, 0.05) is 26.2 Å². The van der Waals surface area contributed by atoms with Crippen LogP contribution in [0, 0.1) is 0 Å². The minimum absolute atomic E-state index is 0.561. The summed E-state index contributed by atoms with van der Waals surface area (Å²) in [4.78, 5) is 13.4. The number of rotatable bonds is 4. The largest absolute Gasteiger partial charge is 0.372 e. The third-order valence-corrected chi connectivity index (χ3v) is 3.13. The zero-order valence-corrected chi connectivity index (χ0v) is 10.8. The molecule has 1 N–H and O–H groups in total. The highest BCUT2D eigenvalue weighted by atomic mass is 15.3. The second-order valence-corrected chi connectivity index (χ2v) is 4.76. The number of aromatic nitrogens is 2. The Kier molecular flexibility index (Phi) is 3.78. The molecule has 0 spiro atoms. The topological polar surface area (TPSA) is 44.3 Å². The van der Waals surface area contributed by atoms with Gasteiger partial charge in [0.25, 0.3) is 0 Å². The monoisotopic (exact) mass is 235 g/mol. The van der Waals surface area contributed by atoms with Crippen LogP contribution in [0.2, 0.25) is 0 Å². The number of nitrogens with one attached hydrogen (secondary N) is 1. The maximum absolute atomic E-state index is 4.56. The zero-order valence-electron chi connectivity index (χ0n) is 10.8. The predicted molar refractivity (Wildman–Crippen MR) is 70.5 cm³/mol. The van der Waals surface area contributed by atoms with Crippen LogP contribution in [-0.2, 0) is 0 Å². The molecule has 94 valence electrons. The van der Waals surface area contributed by atoms with Crippen LogP contribution in [0.4, 0.5) is 11.6 Å². The molecule has 0 amide bonds. The Morgan fingerprint density at radius 2 is 2.29 bits per heavy atom. The van der Waals surface area contributed by atoms with E-state index in [2.05, 4.69) is 39.2 Å². The molecule has 1 aliphatic rings. The van der Waals surface area contributed by atoms with Crippen molar-refractivity contribution in [3.8, 4) is 0 Å². The third-order valence-electron chi connectivity index (χ3n) is 3.13. The van der Waals surface area contributed by atoms with Gasteiger partial charge in [-0.3, -0.25) is 4.98 Å². The Morgan fingerprint density at radius 1 is 1.47 bits per heavy atom. The first-order valence-electron chi connectivity index (χ1n) is 6.12. The maximum Gasteiger partial charge on any atom is 0.149 e. The Bertz CT molecular complexity index is 366. The van der Waals surface area contributed by atoms with Crippen molar-refractivity contribution in [2.24, 2.45) is 0 Å². The van der Waals surface area contributed by atoms with Gasteiger partial charge in [-0.25, -0.2) is 4.98 Å². The number of nitrogens with zero attached hydrogens (tertiary/aromatic N) is 4. The molecule has 5 heteroatoms. The fraction of sp³-hybridized carbons (Fsp3) is 0.667. The molecule has 1 fully saturated rings. The van der Waals surface area contributed by atoms with Crippen molar-refractivity contribution in [3.05, 3.63) is 12.4 Å². The van der Waals surface area contributed by atoms with Gasteiger partial charge in [-0.2, -0.15) is 0 Å². The number of likely N-dealkylation sites (N-methyl/N-ethyl adjacent to an activating group) is 1. The minimum atomic E-state index is 0.561. The van der Waals surface area contributed by atoms with Gasteiger partial charge in [0.2, 0.25) is 0 Å². The van der Waals surface area contributed by atoms with Crippen molar-refractivity contribution in [2.45, 2.75) is 18.9 Å². The molecule has 5 nitrogen and oxygen atoms in total. The van der Waals surface area contributed by atoms with E-state index in [1.807, 2.05) is 13.2 Å². The molecule has 1 atom stereocenters. The first-order valence-corrected chi connectivity index (χ1v) is 6.12. The van der Waals surface area contributed by atoms with E-state index in [9.17, 15) is 0 Å². The molecule has 1 aromatic heterocycles. The van der Waals surface area contributed by atoms with Gasteiger partial charge in [-0.05, 0) is 26.9 Å². The molecule has 1 aliphatic heterocycles. The van der Waals surface area contributed by atoms with Crippen molar-refractivity contribution < 1.29 is 0 Å². The highest BCUT2D eigenvalue weighted by Crippen LogP contribution is 2.24. The zero-order chi connectivity index (χ0) is 12.3. The van der Waals surface area contributed by atoms with Gasteiger partial charge < -0.3 is 15.1 Å². The van der Waals surface area contributed by atoms with Crippen LogP contribution in [-0.4, -0.2) is 55.1 Å². The number of anilines is 2. The fourth-order valence-corrected chi connectivity index (χ4v) is 2.36. The Balaban J connectivity index is 2.14. The molecule has 2 heterocycles. The van der Waals surface area contributed by atoms with Crippen molar-refractivity contribution in [2.75, 3.05) is 44.4 Å². The highest BCUT2D eigenvalue weighted by Gasteiger charge is 2.26. The summed E-state index contributed by atoms with van der Waals surface area (Å²) in [6.07, 6.45) is 6.09. The Labute approximate surface area is 103 Å². The van der Waals surface area contributed by atoms with Crippen LogP contribution >= 0.6 is 0 Å². The fourth-order valence-electron chi connectivity index (χ4n) is 2.36. The molecule has 0 radical (unpaired) electrons. The van der Waals surface area contributed by atoms with Crippen LogP contribution in [0.5, 0.6) is 0 Å². The van der Waals surface area contributed by atoms with E-state index in [0.29, 0.717) is 6.04 Å². The summed E-state index contributed by atoms with van der Waals surface area (Å²) in [5.41, 5.74) is 0. The lowest BCUT2D eigenvalue weighted by atomic mass is 10.2. The van der Waals surface area contributed by atoms with Gasteiger partial charge in [0.05, 0.1) is 12.4 Å². The van der Waals surface area contributed by atoms with Crippen molar-refractivity contribution in [1.29, 1.82) is 0 Å². The maximum atomic E-state index is 4.56. The minimum Gasteiger partial charge on any atom is -0.372 e. The van der Waals surface area contributed by atoms with E-state index >= 15 is 0 Å². The quantitative estimate of drug-likeness (QED) is 0.845. The summed E-state index contributed by atoms with van der Waals surface area (Å²) < 4.78 is 0. The van der Waals surface area contributed by atoms with Crippen molar-refractivity contribution >= 4 is 11.6 Å². The summed E-state index contributed by atoms with van der Waals surface area (Å²) in [6, 6.07) is 0.561. The normalized spacial score (nSPS) is 20.0. The van der Waals surface area contributed by atoms with Gasteiger partial charge >= 0.3 is 0 Å². The molecule has 0 saturated carbocycles. The van der Waals surface area contributed by atoms with Crippen molar-refractivity contribution in [1.82, 2.24) is 14.9 Å². The van der Waals surface area contributed by atoms with Gasteiger partial charge in [0.1, 0.15) is 11.6 Å². The van der Waals surface area contributed by atoms with Crippen LogP contribution in [0.1, 0.15) is 12.8 Å². The summed E-state index contributed by atoms with van der Waals surface area (Å²) in [6.45, 7) is 2.16. The number of hydrogen-bond acceptors (Lipinski definition) is 5. The van der Waals surface area contributed by atoms with Gasteiger partial charge in [-0.15, -0.1) is 0 Å². The van der Waals surface area contributed by atoms with E-state index in [-0.39, 0.29) is 0 Å². The smallest absolute Gasteiger partial charge is 0.149 e.